The number of nitrogens with zero attached hydrogens (tertiary/aromatic N) is 2. The third-order valence-electron chi connectivity index (χ3n) is 1.92. The molecule has 5 heteroatoms. The monoisotopic (exact) mass is 237 g/mol. The van der Waals surface area contributed by atoms with Gasteiger partial charge in [0.05, 0.1) is 20.3 Å². The van der Waals surface area contributed by atoms with E-state index < -0.39 is 0 Å². The predicted octanol–water partition coefficient (Wildman–Crippen LogP) is 1.80. The van der Waals surface area contributed by atoms with Crippen LogP contribution in [0.5, 0.6) is 5.88 Å². The van der Waals surface area contributed by atoms with Gasteiger partial charge in [0.2, 0.25) is 11.8 Å². The van der Waals surface area contributed by atoms with Crippen LogP contribution in [0.25, 0.3) is 0 Å². The molecule has 0 aliphatic carbocycles. The molecule has 0 spiro atoms. The van der Waals surface area contributed by atoms with Crippen molar-refractivity contribution in [1.29, 1.82) is 0 Å². The van der Waals surface area contributed by atoms with Crippen LogP contribution in [0, 0.1) is 6.92 Å². The van der Waals surface area contributed by atoms with Crippen LogP contribution in [0.1, 0.15) is 12.6 Å². The predicted molar refractivity (Wildman–Crippen MR) is 67.4 cm³/mol. The number of methoxy groups -OCH3 is 1. The van der Waals surface area contributed by atoms with Crippen LogP contribution in [0.4, 0.5) is 5.95 Å². The van der Waals surface area contributed by atoms with Gasteiger partial charge in [-0.25, -0.2) is 4.98 Å². The van der Waals surface area contributed by atoms with E-state index in [0.29, 0.717) is 31.6 Å². The summed E-state index contributed by atoms with van der Waals surface area (Å²) >= 11 is 0. The summed E-state index contributed by atoms with van der Waals surface area (Å²) in [5, 5.41) is 3.08. The molecule has 0 saturated carbocycles. The van der Waals surface area contributed by atoms with Gasteiger partial charge in [0.1, 0.15) is 0 Å². The zero-order chi connectivity index (χ0) is 12.7. The highest BCUT2D eigenvalue weighted by atomic mass is 16.5. The molecule has 0 fully saturated rings. The van der Waals surface area contributed by atoms with Crippen molar-refractivity contribution in [2.24, 2.45) is 0 Å². The molecule has 1 aromatic heterocycles. The third-order valence-corrected chi connectivity index (χ3v) is 1.92. The van der Waals surface area contributed by atoms with Crippen molar-refractivity contribution in [3.05, 3.63) is 23.9 Å². The Hall–Kier alpha value is -1.62. The lowest BCUT2D eigenvalue weighted by Gasteiger charge is -2.08. The number of aromatic nitrogens is 2. The minimum absolute atomic E-state index is 0.556. The zero-order valence-electron chi connectivity index (χ0n) is 10.6. The van der Waals surface area contributed by atoms with Crippen molar-refractivity contribution < 1.29 is 9.47 Å². The average molecular weight is 237 g/mol. The van der Waals surface area contributed by atoms with Crippen molar-refractivity contribution in [3.63, 3.8) is 0 Å². The van der Waals surface area contributed by atoms with Crippen LogP contribution in [-0.4, -0.2) is 36.8 Å². The number of ether oxygens (including phenoxy) is 2. The molecule has 17 heavy (non-hydrogen) atoms. The Kier molecular flexibility index (Phi) is 5.42. The summed E-state index contributed by atoms with van der Waals surface area (Å²) in [6.45, 7) is 9.41. The Morgan fingerprint density at radius 3 is 2.88 bits per heavy atom. The second kappa shape index (κ2) is 6.85. The molecule has 0 radical (unpaired) electrons. The van der Waals surface area contributed by atoms with Crippen molar-refractivity contribution in [2.75, 3.05) is 32.2 Å². The van der Waals surface area contributed by atoms with E-state index in [9.17, 15) is 0 Å². The normalized spacial score (nSPS) is 10.1. The van der Waals surface area contributed by atoms with Crippen molar-refractivity contribution in [2.45, 2.75) is 13.8 Å². The van der Waals surface area contributed by atoms with Crippen molar-refractivity contribution >= 4 is 5.95 Å². The highest BCUT2D eigenvalue weighted by molar-refractivity contribution is 5.30. The molecule has 0 aromatic carbocycles. The molecule has 0 aliphatic rings. The van der Waals surface area contributed by atoms with E-state index >= 15 is 0 Å². The van der Waals surface area contributed by atoms with Gasteiger partial charge in [0.15, 0.2) is 0 Å². The first-order valence-corrected chi connectivity index (χ1v) is 5.47. The smallest absolute Gasteiger partial charge is 0.226 e. The maximum absolute atomic E-state index is 5.35. The first-order chi connectivity index (χ1) is 8.11. The SMILES string of the molecule is C=C(C)COCCNc1nc(C)cc(OC)n1. The number of hydrogen-bond acceptors (Lipinski definition) is 5. The average Bonchev–Trinajstić information content (AvgIpc) is 2.27. The lowest BCUT2D eigenvalue weighted by atomic mass is 10.4. The Balaban J connectivity index is 2.36. The zero-order valence-corrected chi connectivity index (χ0v) is 10.6. The number of rotatable bonds is 7. The molecule has 1 N–H and O–H groups in total. The Morgan fingerprint density at radius 2 is 2.24 bits per heavy atom. The fourth-order valence-electron chi connectivity index (χ4n) is 1.20. The summed E-state index contributed by atoms with van der Waals surface area (Å²) in [6.07, 6.45) is 0. The van der Waals surface area contributed by atoms with E-state index in [1.165, 1.54) is 0 Å². The van der Waals surface area contributed by atoms with Gasteiger partial charge in [0.25, 0.3) is 0 Å². The summed E-state index contributed by atoms with van der Waals surface area (Å²) in [5.41, 5.74) is 1.88. The van der Waals surface area contributed by atoms with Crippen LogP contribution in [-0.2, 0) is 4.74 Å². The Bertz CT molecular complexity index is 380. The number of hydrogen-bond donors (Lipinski definition) is 1. The standard InChI is InChI=1S/C12H19N3O2/c1-9(2)8-17-6-5-13-12-14-10(3)7-11(15-12)16-4/h7H,1,5-6,8H2,2-4H3,(H,13,14,15). The fraction of sp³-hybridized carbons (Fsp3) is 0.500. The Labute approximate surface area is 102 Å². The molecule has 5 nitrogen and oxygen atoms in total. The summed E-state index contributed by atoms with van der Waals surface area (Å²) < 4.78 is 10.4. The van der Waals surface area contributed by atoms with Crippen molar-refractivity contribution in [1.82, 2.24) is 9.97 Å². The summed E-state index contributed by atoms with van der Waals surface area (Å²) in [4.78, 5) is 8.41. The van der Waals surface area contributed by atoms with Crippen LogP contribution < -0.4 is 10.1 Å². The molecule has 0 unspecified atom stereocenters. The third kappa shape index (κ3) is 5.31. The highest BCUT2D eigenvalue weighted by Gasteiger charge is 2.01. The van der Waals surface area contributed by atoms with Crippen molar-refractivity contribution in [3.8, 4) is 5.88 Å². The van der Waals surface area contributed by atoms with Crippen LogP contribution in [0.2, 0.25) is 0 Å². The van der Waals surface area contributed by atoms with E-state index in [0.717, 1.165) is 11.3 Å². The lowest BCUT2D eigenvalue weighted by molar-refractivity contribution is 0.167. The van der Waals surface area contributed by atoms with Gasteiger partial charge < -0.3 is 14.8 Å². The quantitative estimate of drug-likeness (QED) is 0.579. The molecule has 1 rings (SSSR count). The van der Waals surface area contributed by atoms with E-state index in [2.05, 4.69) is 21.9 Å². The van der Waals surface area contributed by atoms with Gasteiger partial charge in [-0.1, -0.05) is 12.2 Å². The molecule has 0 amide bonds. The highest BCUT2D eigenvalue weighted by Crippen LogP contribution is 2.10. The minimum Gasteiger partial charge on any atom is -0.481 e. The largest absolute Gasteiger partial charge is 0.481 e. The molecule has 0 atom stereocenters. The second-order valence-corrected chi connectivity index (χ2v) is 3.81. The maximum Gasteiger partial charge on any atom is 0.226 e. The molecule has 1 aromatic rings. The number of aryl methyl sites for hydroxylation is 1. The molecule has 0 aliphatic heterocycles. The summed E-state index contributed by atoms with van der Waals surface area (Å²) in [5.74, 6) is 1.11. The van der Waals surface area contributed by atoms with E-state index in [4.69, 9.17) is 9.47 Å². The maximum atomic E-state index is 5.35. The minimum atomic E-state index is 0.556. The fourth-order valence-corrected chi connectivity index (χ4v) is 1.20. The summed E-state index contributed by atoms with van der Waals surface area (Å²) in [7, 11) is 1.58. The molecule has 1 heterocycles. The first kappa shape index (κ1) is 13.4. The van der Waals surface area contributed by atoms with E-state index in [1.807, 2.05) is 13.8 Å². The number of anilines is 1. The Morgan fingerprint density at radius 1 is 1.47 bits per heavy atom. The van der Waals surface area contributed by atoms with Gasteiger partial charge in [-0.05, 0) is 13.8 Å². The molecule has 0 saturated heterocycles. The van der Waals surface area contributed by atoms with Gasteiger partial charge in [0, 0.05) is 18.3 Å². The number of nitrogens with one attached hydrogen (secondary N) is 1. The van der Waals surface area contributed by atoms with Gasteiger partial charge >= 0.3 is 0 Å². The molecule has 94 valence electrons. The van der Waals surface area contributed by atoms with E-state index in [-0.39, 0.29) is 0 Å². The molecular weight excluding hydrogens is 218 g/mol. The van der Waals surface area contributed by atoms with E-state index in [1.54, 1.807) is 13.2 Å². The molecule has 0 bridgehead atoms. The first-order valence-electron chi connectivity index (χ1n) is 5.47. The topological polar surface area (TPSA) is 56.3 Å². The second-order valence-electron chi connectivity index (χ2n) is 3.81. The molecular formula is C12H19N3O2. The van der Waals surface area contributed by atoms with Gasteiger partial charge in [-0.15, -0.1) is 0 Å². The lowest BCUT2D eigenvalue weighted by Crippen LogP contribution is -2.12. The van der Waals surface area contributed by atoms with Crippen LogP contribution >= 0.6 is 0 Å². The van der Waals surface area contributed by atoms with Crippen LogP contribution in [0.3, 0.4) is 0 Å². The summed E-state index contributed by atoms with van der Waals surface area (Å²) in [6, 6.07) is 1.78. The van der Waals surface area contributed by atoms with Gasteiger partial charge in [-0.2, -0.15) is 4.98 Å². The van der Waals surface area contributed by atoms with Gasteiger partial charge in [-0.3, -0.25) is 0 Å². The van der Waals surface area contributed by atoms with Crippen LogP contribution in [0.15, 0.2) is 18.2 Å².